The first-order valence-electron chi connectivity index (χ1n) is 4.27. The molecule has 66 valence electrons. The average Bonchev–Trinajstić information content (AvgIpc) is 2.04. The first-order valence-corrected chi connectivity index (χ1v) is 4.27. The summed E-state index contributed by atoms with van der Waals surface area (Å²) in [5, 5.41) is 0. The molecule has 0 aliphatic carbocycles. The monoisotopic (exact) mass is 158 g/mol. The molecule has 0 radical (unpaired) electrons. The van der Waals surface area contributed by atoms with Crippen LogP contribution in [0.2, 0.25) is 0 Å². The second-order valence-electron chi connectivity index (χ2n) is 2.98. The molecular weight excluding hydrogens is 140 g/mol. The van der Waals surface area contributed by atoms with E-state index in [2.05, 4.69) is 18.6 Å². The van der Waals surface area contributed by atoms with Gasteiger partial charge in [0.05, 0.1) is 7.11 Å². The lowest BCUT2D eigenvalue weighted by Gasteiger charge is -2.05. The molecule has 0 unspecified atom stereocenters. The summed E-state index contributed by atoms with van der Waals surface area (Å²) in [4.78, 5) is 10.7. The zero-order valence-electron chi connectivity index (χ0n) is 7.72. The summed E-state index contributed by atoms with van der Waals surface area (Å²) >= 11 is 0. The second-order valence-corrected chi connectivity index (χ2v) is 2.98. The Morgan fingerprint density at radius 3 is 2.64 bits per heavy atom. The van der Waals surface area contributed by atoms with E-state index in [4.69, 9.17) is 0 Å². The molecule has 0 heterocycles. The van der Waals surface area contributed by atoms with Gasteiger partial charge in [-0.2, -0.15) is 0 Å². The van der Waals surface area contributed by atoms with Crippen molar-refractivity contribution in [2.24, 2.45) is 5.92 Å². The minimum Gasteiger partial charge on any atom is -0.469 e. The molecule has 2 heteroatoms. The molecule has 0 N–H and O–H groups in total. The standard InChI is InChI=1S/C9H18O2/c1-4-8(2)6-5-7-9(10)11-3/h8H,4-7H2,1-3H3/t8-/m0/s1. The number of carbonyl (C=O) groups excluding carboxylic acids is 1. The maximum atomic E-state index is 10.7. The van der Waals surface area contributed by atoms with Gasteiger partial charge in [0.2, 0.25) is 0 Å². The molecule has 11 heavy (non-hydrogen) atoms. The van der Waals surface area contributed by atoms with E-state index in [1.165, 1.54) is 13.5 Å². The molecule has 0 saturated carbocycles. The van der Waals surface area contributed by atoms with Crippen LogP contribution in [0.5, 0.6) is 0 Å². The van der Waals surface area contributed by atoms with Crippen LogP contribution in [0.25, 0.3) is 0 Å². The average molecular weight is 158 g/mol. The summed E-state index contributed by atoms with van der Waals surface area (Å²) in [5.41, 5.74) is 0. The summed E-state index contributed by atoms with van der Waals surface area (Å²) in [6.07, 6.45) is 3.86. The highest BCUT2D eigenvalue weighted by molar-refractivity contribution is 5.68. The zero-order chi connectivity index (χ0) is 8.69. The number of esters is 1. The van der Waals surface area contributed by atoms with Gasteiger partial charge in [-0.05, 0) is 12.3 Å². The van der Waals surface area contributed by atoms with Crippen LogP contribution in [-0.2, 0) is 9.53 Å². The molecule has 0 amide bonds. The van der Waals surface area contributed by atoms with Crippen molar-refractivity contribution >= 4 is 5.97 Å². The molecule has 0 aromatic rings. The van der Waals surface area contributed by atoms with Gasteiger partial charge in [-0.25, -0.2) is 0 Å². The highest BCUT2D eigenvalue weighted by Gasteiger charge is 2.02. The Hall–Kier alpha value is -0.530. The fourth-order valence-corrected chi connectivity index (χ4v) is 0.901. The second kappa shape index (κ2) is 6.20. The van der Waals surface area contributed by atoms with Crippen molar-refractivity contribution in [3.63, 3.8) is 0 Å². The highest BCUT2D eigenvalue weighted by atomic mass is 16.5. The number of hydrogen-bond donors (Lipinski definition) is 0. The van der Waals surface area contributed by atoms with Crippen molar-refractivity contribution in [3.05, 3.63) is 0 Å². The summed E-state index contributed by atoms with van der Waals surface area (Å²) in [5.74, 6) is 0.646. The van der Waals surface area contributed by atoms with Gasteiger partial charge >= 0.3 is 5.97 Å². The Morgan fingerprint density at radius 2 is 2.18 bits per heavy atom. The first kappa shape index (κ1) is 10.5. The number of carbonyl (C=O) groups is 1. The van der Waals surface area contributed by atoms with Gasteiger partial charge in [-0.1, -0.05) is 26.7 Å². The van der Waals surface area contributed by atoms with Crippen molar-refractivity contribution in [2.45, 2.75) is 39.5 Å². The van der Waals surface area contributed by atoms with Crippen LogP contribution in [0.3, 0.4) is 0 Å². The third-order valence-corrected chi connectivity index (χ3v) is 2.00. The van der Waals surface area contributed by atoms with Crippen molar-refractivity contribution in [2.75, 3.05) is 7.11 Å². The molecule has 0 fully saturated rings. The van der Waals surface area contributed by atoms with E-state index < -0.39 is 0 Å². The maximum absolute atomic E-state index is 10.7. The number of methoxy groups -OCH3 is 1. The third kappa shape index (κ3) is 5.89. The Bertz CT molecular complexity index is 110. The Kier molecular flexibility index (Phi) is 5.90. The molecule has 0 bridgehead atoms. The fraction of sp³-hybridized carbons (Fsp3) is 0.889. The largest absolute Gasteiger partial charge is 0.469 e. The van der Waals surface area contributed by atoms with Gasteiger partial charge in [0.15, 0.2) is 0 Å². The Labute approximate surface area is 68.9 Å². The van der Waals surface area contributed by atoms with Crippen molar-refractivity contribution in [1.82, 2.24) is 0 Å². The molecule has 0 spiro atoms. The van der Waals surface area contributed by atoms with E-state index >= 15 is 0 Å². The van der Waals surface area contributed by atoms with Gasteiger partial charge < -0.3 is 4.74 Å². The summed E-state index contributed by atoms with van der Waals surface area (Å²) < 4.78 is 4.53. The fourth-order valence-electron chi connectivity index (χ4n) is 0.901. The first-order chi connectivity index (χ1) is 5.20. The molecule has 0 rings (SSSR count). The van der Waals surface area contributed by atoms with Gasteiger partial charge in [0.1, 0.15) is 0 Å². The molecular formula is C9H18O2. The van der Waals surface area contributed by atoms with Crippen LogP contribution < -0.4 is 0 Å². The van der Waals surface area contributed by atoms with E-state index in [1.54, 1.807) is 0 Å². The van der Waals surface area contributed by atoms with E-state index in [1.807, 2.05) is 0 Å². The Balaban J connectivity index is 3.20. The summed E-state index contributed by atoms with van der Waals surface area (Å²) in [7, 11) is 1.44. The predicted molar refractivity (Wildman–Crippen MR) is 45.3 cm³/mol. The van der Waals surface area contributed by atoms with E-state index in [0.29, 0.717) is 6.42 Å². The van der Waals surface area contributed by atoms with Crippen LogP contribution >= 0.6 is 0 Å². The lowest BCUT2D eigenvalue weighted by Crippen LogP contribution is -2.01. The third-order valence-electron chi connectivity index (χ3n) is 2.00. The molecule has 0 aliphatic rings. The SMILES string of the molecule is CC[C@H](C)CCCC(=O)OC. The summed E-state index contributed by atoms with van der Waals surface area (Å²) in [6.45, 7) is 4.38. The van der Waals surface area contributed by atoms with Crippen LogP contribution in [0.4, 0.5) is 0 Å². The Morgan fingerprint density at radius 1 is 1.55 bits per heavy atom. The minimum absolute atomic E-state index is 0.0895. The van der Waals surface area contributed by atoms with Crippen LogP contribution in [0.15, 0.2) is 0 Å². The maximum Gasteiger partial charge on any atom is 0.305 e. The predicted octanol–water partition coefficient (Wildman–Crippen LogP) is 2.38. The van der Waals surface area contributed by atoms with Crippen molar-refractivity contribution in [3.8, 4) is 0 Å². The molecule has 1 atom stereocenters. The van der Waals surface area contributed by atoms with E-state index in [0.717, 1.165) is 18.8 Å². The van der Waals surface area contributed by atoms with Gasteiger partial charge in [0.25, 0.3) is 0 Å². The van der Waals surface area contributed by atoms with E-state index in [9.17, 15) is 4.79 Å². The molecule has 0 aromatic carbocycles. The number of rotatable bonds is 5. The summed E-state index contributed by atoms with van der Waals surface area (Å²) in [6, 6.07) is 0. The highest BCUT2D eigenvalue weighted by Crippen LogP contribution is 2.10. The molecule has 0 aromatic heterocycles. The quantitative estimate of drug-likeness (QED) is 0.574. The van der Waals surface area contributed by atoms with Crippen molar-refractivity contribution < 1.29 is 9.53 Å². The van der Waals surface area contributed by atoms with E-state index in [-0.39, 0.29) is 5.97 Å². The lowest BCUT2D eigenvalue weighted by atomic mass is 10.0. The molecule has 2 nitrogen and oxygen atoms in total. The molecule has 0 aliphatic heterocycles. The number of hydrogen-bond acceptors (Lipinski definition) is 2. The topological polar surface area (TPSA) is 26.3 Å². The molecule has 0 saturated heterocycles. The lowest BCUT2D eigenvalue weighted by molar-refractivity contribution is -0.140. The number of ether oxygens (including phenoxy) is 1. The van der Waals surface area contributed by atoms with Crippen LogP contribution in [0, 0.1) is 5.92 Å². The van der Waals surface area contributed by atoms with Crippen molar-refractivity contribution in [1.29, 1.82) is 0 Å². The van der Waals surface area contributed by atoms with Crippen LogP contribution in [0.1, 0.15) is 39.5 Å². The van der Waals surface area contributed by atoms with Gasteiger partial charge in [-0.15, -0.1) is 0 Å². The minimum atomic E-state index is -0.0895. The smallest absolute Gasteiger partial charge is 0.305 e. The van der Waals surface area contributed by atoms with Gasteiger partial charge in [0, 0.05) is 6.42 Å². The van der Waals surface area contributed by atoms with Gasteiger partial charge in [-0.3, -0.25) is 4.79 Å². The zero-order valence-corrected chi connectivity index (χ0v) is 7.72. The van der Waals surface area contributed by atoms with Crippen LogP contribution in [-0.4, -0.2) is 13.1 Å². The normalized spacial score (nSPS) is 12.6.